The first kappa shape index (κ1) is 15.1. The van der Waals surface area contributed by atoms with Crippen LogP contribution in [0.5, 0.6) is 0 Å². The Bertz CT molecular complexity index is 487. The molecular weight excluding hydrogens is 259 g/mol. The van der Waals surface area contributed by atoms with E-state index in [0.29, 0.717) is 0 Å². The van der Waals surface area contributed by atoms with Crippen molar-refractivity contribution in [3.63, 3.8) is 0 Å². The van der Waals surface area contributed by atoms with Crippen LogP contribution in [0, 0.1) is 5.82 Å². The van der Waals surface area contributed by atoms with Gasteiger partial charge in [-0.1, -0.05) is 12.1 Å². The van der Waals surface area contributed by atoms with Gasteiger partial charge in [0.05, 0.1) is 13.5 Å². The molecular formula is C12H13FO6. The van der Waals surface area contributed by atoms with Crippen LogP contribution in [-0.2, 0) is 20.7 Å². The van der Waals surface area contributed by atoms with E-state index in [0.717, 1.165) is 19.2 Å². The molecule has 0 saturated carbocycles. The number of aliphatic hydroxyl groups is 2. The minimum absolute atomic E-state index is 0.202. The molecule has 7 heteroatoms. The number of methoxy groups -OCH3 is 1. The lowest BCUT2D eigenvalue weighted by molar-refractivity contribution is -0.156. The first-order valence-corrected chi connectivity index (χ1v) is 5.31. The lowest BCUT2D eigenvalue weighted by Gasteiger charge is -2.16. The number of aliphatic carboxylic acids is 1. The third-order valence-electron chi connectivity index (χ3n) is 2.48. The van der Waals surface area contributed by atoms with Gasteiger partial charge in [-0.3, -0.25) is 4.79 Å². The van der Waals surface area contributed by atoms with Gasteiger partial charge in [-0.25, -0.2) is 9.18 Å². The highest BCUT2D eigenvalue weighted by molar-refractivity contribution is 5.75. The zero-order valence-electron chi connectivity index (χ0n) is 10.0. The fourth-order valence-electron chi connectivity index (χ4n) is 1.51. The summed E-state index contributed by atoms with van der Waals surface area (Å²) in [4.78, 5) is 21.5. The van der Waals surface area contributed by atoms with E-state index in [1.54, 1.807) is 0 Å². The van der Waals surface area contributed by atoms with Crippen molar-refractivity contribution in [1.82, 2.24) is 0 Å². The van der Waals surface area contributed by atoms with Crippen molar-refractivity contribution in [3.8, 4) is 0 Å². The monoisotopic (exact) mass is 272 g/mol. The molecule has 2 unspecified atom stereocenters. The summed E-state index contributed by atoms with van der Waals surface area (Å²) in [7, 11) is 1.02. The predicted octanol–water partition coefficient (Wildman–Crippen LogP) is 0.0201. The van der Waals surface area contributed by atoms with E-state index in [-0.39, 0.29) is 17.5 Å². The van der Waals surface area contributed by atoms with Crippen LogP contribution in [0.15, 0.2) is 18.2 Å². The second kappa shape index (κ2) is 6.26. The number of esters is 1. The number of carboxylic acid groups (broad SMARTS) is 1. The number of hydrogen-bond acceptors (Lipinski definition) is 5. The summed E-state index contributed by atoms with van der Waals surface area (Å²) in [6, 6.07) is 3.33. The molecule has 104 valence electrons. The van der Waals surface area contributed by atoms with Gasteiger partial charge < -0.3 is 20.1 Å². The van der Waals surface area contributed by atoms with Crippen molar-refractivity contribution in [2.45, 2.75) is 18.6 Å². The quantitative estimate of drug-likeness (QED) is 0.653. The van der Waals surface area contributed by atoms with Crippen molar-refractivity contribution in [1.29, 1.82) is 0 Å². The number of carboxylic acids is 1. The molecule has 0 aliphatic heterocycles. The molecule has 0 bridgehead atoms. The van der Waals surface area contributed by atoms with Crippen molar-refractivity contribution in [2.24, 2.45) is 0 Å². The predicted molar refractivity (Wildman–Crippen MR) is 60.7 cm³/mol. The normalized spacial score (nSPS) is 13.7. The van der Waals surface area contributed by atoms with Gasteiger partial charge in [0.25, 0.3) is 0 Å². The number of ether oxygens (including phenoxy) is 1. The Kier molecular flexibility index (Phi) is 4.96. The summed E-state index contributed by atoms with van der Waals surface area (Å²) >= 11 is 0. The number of rotatable bonds is 5. The van der Waals surface area contributed by atoms with Gasteiger partial charge in [0.1, 0.15) is 11.9 Å². The Morgan fingerprint density at radius 1 is 1.37 bits per heavy atom. The van der Waals surface area contributed by atoms with E-state index >= 15 is 0 Å². The van der Waals surface area contributed by atoms with Gasteiger partial charge in [-0.15, -0.1) is 0 Å². The largest absolute Gasteiger partial charge is 0.481 e. The summed E-state index contributed by atoms with van der Waals surface area (Å²) in [6.45, 7) is 0. The van der Waals surface area contributed by atoms with Gasteiger partial charge in [0.2, 0.25) is 0 Å². The van der Waals surface area contributed by atoms with E-state index in [9.17, 15) is 24.2 Å². The van der Waals surface area contributed by atoms with E-state index in [1.807, 2.05) is 0 Å². The summed E-state index contributed by atoms with van der Waals surface area (Å²) in [5.41, 5.74) is -0.111. The third-order valence-corrected chi connectivity index (χ3v) is 2.48. The Morgan fingerprint density at radius 2 is 2.00 bits per heavy atom. The highest BCUT2D eigenvalue weighted by Gasteiger charge is 2.28. The zero-order valence-corrected chi connectivity index (χ0v) is 10.0. The molecule has 2 atom stereocenters. The molecule has 0 saturated heterocycles. The van der Waals surface area contributed by atoms with Crippen LogP contribution in [0.3, 0.4) is 0 Å². The molecule has 0 aromatic heterocycles. The van der Waals surface area contributed by atoms with Gasteiger partial charge >= 0.3 is 11.9 Å². The Morgan fingerprint density at radius 3 is 2.47 bits per heavy atom. The molecule has 0 aliphatic carbocycles. The minimum Gasteiger partial charge on any atom is -0.481 e. The smallest absolute Gasteiger partial charge is 0.337 e. The van der Waals surface area contributed by atoms with Crippen molar-refractivity contribution < 1.29 is 34.0 Å². The molecule has 0 amide bonds. The molecule has 0 heterocycles. The number of aliphatic hydroxyl groups excluding tert-OH is 2. The number of benzene rings is 1. The molecule has 19 heavy (non-hydrogen) atoms. The van der Waals surface area contributed by atoms with E-state index < -0.39 is 30.0 Å². The lowest BCUT2D eigenvalue weighted by atomic mass is 10.0. The van der Waals surface area contributed by atoms with Crippen LogP contribution >= 0.6 is 0 Å². The molecule has 0 aliphatic rings. The number of hydrogen-bond donors (Lipinski definition) is 3. The summed E-state index contributed by atoms with van der Waals surface area (Å²) < 4.78 is 17.9. The van der Waals surface area contributed by atoms with Crippen molar-refractivity contribution in [3.05, 3.63) is 35.1 Å². The maximum Gasteiger partial charge on any atom is 0.337 e. The van der Waals surface area contributed by atoms with Crippen LogP contribution < -0.4 is 0 Å². The van der Waals surface area contributed by atoms with Gasteiger partial charge in [0, 0.05) is 5.56 Å². The van der Waals surface area contributed by atoms with E-state index in [2.05, 4.69) is 4.74 Å². The molecule has 0 fully saturated rings. The topological polar surface area (TPSA) is 104 Å². The third kappa shape index (κ3) is 3.73. The Balaban J connectivity index is 2.95. The number of halogens is 1. The van der Waals surface area contributed by atoms with Gasteiger partial charge in [-0.05, 0) is 11.6 Å². The first-order valence-electron chi connectivity index (χ1n) is 5.31. The summed E-state index contributed by atoms with van der Waals surface area (Å²) in [6.07, 6.45) is -4.07. The highest BCUT2D eigenvalue weighted by Crippen LogP contribution is 2.22. The SMILES string of the molecule is COC(=O)C(O)C(O)c1ccc(CC(=O)O)cc1F. The summed E-state index contributed by atoms with van der Waals surface area (Å²) in [5.74, 6) is -3.13. The summed E-state index contributed by atoms with van der Waals surface area (Å²) in [5, 5.41) is 27.6. The second-order valence-electron chi connectivity index (χ2n) is 3.84. The minimum atomic E-state index is -1.91. The molecule has 6 nitrogen and oxygen atoms in total. The molecule has 1 rings (SSSR count). The van der Waals surface area contributed by atoms with Crippen LogP contribution in [0.25, 0.3) is 0 Å². The average molecular weight is 272 g/mol. The van der Waals surface area contributed by atoms with Crippen LogP contribution in [0.4, 0.5) is 4.39 Å². The Labute approximate surface area is 108 Å². The number of carbonyl (C=O) groups excluding carboxylic acids is 1. The standard InChI is InChI=1S/C12H13FO6/c1-19-12(18)11(17)10(16)7-3-2-6(4-8(7)13)5-9(14)15/h2-4,10-11,16-17H,5H2,1H3,(H,14,15). The first-order chi connectivity index (χ1) is 8.86. The molecule has 3 N–H and O–H groups in total. The van der Waals surface area contributed by atoms with E-state index in [1.165, 1.54) is 6.07 Å². The molecule has 1 aromatic carbocycles. The lowest BCUT2D eigenvalue weighted by Crippen LogP contribution is -2.29. The van der Waals surface area contributed by atoms with Gasteiger partial charge in [0.15, 0.2) is 6.10 Å². The number of carbonyl (C=O) groups is 2. The molecule has 0 radical (unpaired) electrons. The van der Waals surface area contributed by atoms with Gasteiger partial charge in [-0.2, -0.15) is 0 Å². The zero-order chi connectivity index (χ0) is 14.6. The van der Waals surface area contributed by atoms with Crippen LogP contribution in [0.2, 0.25) is 0 Å². The fraction of sp³-hybridized carbons (Fsp3) is 0.333. The maximum atomic E-state index is 13.7. The van der Waals surface area contributed by atoms with Crippen molar-refractivity contribution >= 4 is 11.9 Å². The van der Waals surface area contributed by atoms with Crippen molar-refractivity contribution in [2.75, 3.05) is 7.11 Å². The second-order valence-corrected chi connectivity index (χ2v) is 3.84. The van der Waals surface area contributed by atoms with Crippen LogP contribution in [0.1, 0.15) is 17.2 Å². The maximum absolute atomic E-state index is 13.7. The molecule has 1 aromatic rings. The van der Waals surface area contributed by atoms with E-state index in [4.69, 9.17) is 5.11 Å². The molecule has 0 spiro atoms. The Hall–Kier alpha value is -1.99. The average Bonchev–Trinajstić information content (AvgIpc) is 2.35. The van der Waals surface area contributed by atoms with Crippen LogP contribution in [-0.4, -0.2) is 40.5 Å². The fourth-order valence-corrected chi connectivity index (χ4v) is 1.51. The highest BCUT2D eigenvalue weighted by atomic mass is 19.1.